The molecule has 0 aliphatic rings. The summed E-state index contributed by atoms with van der Waals surface area (Å²) < 4.78 is 0. The molecule has 0 radical (unpaired) electrons. The van der Waals surface area contributed by atoms with Crippen LogP contribution in [0.3, 0.4) is 0 Å². The third kappa shape index (κ3) is 4.22. The van der Waals surface area contributed by atoms with Gasteiger partial charge in [0, 0.05) is 4.91 Å². The minimum Gasteiger partial charge on any atom is -0.481 e. The highest BCUT2D eigenvalue weighted by Crippen LogP contribution is 2.04. The van der Waals surface area contributed by atoms with Crippen LogP contribution < -0.4 is 0 Å². The Hall–Kier alpha value is -1.22. The van der Waals surface area contributed by atoms with Gasteiger partial charge in [-0.25, -0.2) is 0 Å². The van der Waals surface area contributed by atoms with E-state index in [2.05, 4.69) is 10.0 Å². The molecular formula is C6H11N3O2. The second-order valence-corrected chi connectivity index (χ2v) is 2.20. The molecule has 0 aliphatic heterocycles. The van der Waals surface area contributed by atoms with Gasteiger partial charge in [0.1, 0.15) is 6.04 Å². The van der Waals surface area contributed by atoms with Gasteiger partial charge >= 0.3 is 5.97 Å². The molecule has 0 bridgehead atoms. The molecular weight excluding hydrogens is 146 g/mol. The predicted molar refractivity (Wildman–Crippen MR) is 40.1 cm³/mol. The lowest BCUT2D eigenvalue weighted by atomic mass is 10.1. The zero-order valence-electron chi connectivity index (χ0n) is 6.40. The number of hydrogen-bond donors (Lipinski definition) is 1. The molecule has 0 aliphatic carbocycles. The number of carbonyl (C=O) groups is 1. The first-order chi connectivity index (χ1) is 5.22. The van der Waals surface area contributed by atoms with E-state index in [9.17, 15) is 4.79 Å². The molecule has 0 aromatic carbocycles. The van der Waals surface area contributed by atoms with Crippen LogP contribution >= 0.6 is 0 Å². The van der Waals surface area contributed by atoms with Crippen LogP contribution in [0.4, 0.5) is 0 Å². The number of nitrogens with zero attached hydrogens (tertiary/aromatic N) is 3. The molecule has 0 rings (SSSR count). The first-order valence-electron chi connectivity index (χ1n) is 3.49. The quantitative estimate of drug-likeness (QED) is 0.375. The minimum absolute atomic E-state index is 0.426. The highest BCUT2D eigenvalue weighted by molar-refractivity contribution is 5.73. The zero-order chi connectivity index (χ0) is 8.69. The molecule has 0 heterocycles. The van der Waals surface area contributed by atoms with Gasteiger partial charge in [-0.1, -0.05) is 24.9 Å². The molecule has 0 saturated heterocycles. The summed E-state index contributed by atoms with van der Waals surface area (Å²) in [4.78, 5) is 12.8. The Morgan fingerprint density at radius 3 is 2.82 bits per heavy atom. The molecule has 0 saturated carbocycles. The van der Waals surface area contributed by atoms with Gasteiger partial charge in [0.15, 0.2) is 0 Å². The van der Waals surface area contributed by atoms with Gasteiger partial charge in [-0.2, -0.15) is 0 Å². The predicted octanol–water partition coefficient (Wildman–Crippen LogP) is 1.94. The van der Waals surface area contributed by atoms with Crippen molar-refractivity contribution < 1.29 is 9.90 Å². The molecule has 0 aromatic heterocycles. The Kier molecular flexibility index (Phi) is 4.94. The number of hydrogen-bond acceptors (Lipinski definition) is 2. The number of carboxylic acid groups (broad SMARTS) is 1. The molecule has 1 N–H and O–H groups in total. The molecule has 11 heavy (non-hydrogen) atoms. The fourth-order valence-electron chi connectivity index (χ4n) is 0.690. The van der Waals surface area contributed by atoms with E-state index in [-0.39, 0.29) is 0 Å². The number of azide groups is 1. The Morgan fingerprint density at radius 2 is 2.45 bits per heavy atom. The summed E-state index contributed by atoms with van der Waals surface area (Å²) >= 11 is 0. The third-order valence-corrected chi connectivity index (χ3v) is 1.31. The summed E-state index contributed by atoms with van der Waals surface area (Å²) in [5, 5.41) is 11.6. The fourth-order valence-corrected chi connectivity index (χ4v) is 0.690. The van der Waals surface area contributed by atoms with Crippen LogP contribution in [0.5, 0.6) is 0 Å². The standard InChI is InChI=1S/C6H11N3O2/c1-2-3-4-5(6(10)11)8-9-7/h5H,2-4H2,1H3,(H,10,11)/t5-/m0/s1. The molecule has 62 valence electrons. The Morgan fingerprint density at radius 1 is 1.82 bits per heavy atom. The summed E-state index contributed by atoms with van der Waals surface area (Å²) in [7, 11) is 0. The van der Waals surface area contributed by atoms with E-state index in [4.69, 9.17) is 10.6 Å². The van der Waals surface area contributed by atoms with E-state index in [0.29, 0.717) is 6.42 Å². The summed E-state index contributed by atoms with van der Waals surface area (Å²) in [6.45, 7) is 1.95. The van der Waals surface area contributed by atoms with Crippen LogP contribution in [0, 0.1) is 0 Å². The van der Waals surface area contributed by atoms with Gasteiger partial charge in [0.2, 0.25) is 0 Å². The highest BCUT2D eigenvalue weighted by atomic mass is 16.4. The van der Waals surface area contributed by atoms with Crippen LogP contribution in [0.1, 0.15) is 26.2 Å². The summed E-state index contributed by atoms with van der Waals surface area (Å²) in [5.41, 5.74) is 7.98. The van der Waals surface area contributed by atoms with Gasteiger partial charge < -0.3 is 5.11 Å². The first kappa shape index (κ1) is 9.78. The second kappa shape index (κ2) is 5.56. The summed E-state index contributed by atoms with van der Waals surface area (Å²) in [6, 6.07) is -0.889. The van der Waals surface area contributed by atoms with Crippen LogP contribution in [0.15, 0.2) is 5.11 Å². The van der Waals surface area contributed by atoms with Crippen molar-refractivity contribution in [1.82, 2.24) is 0 Å². The Bertz CT molecular complexity index is 173. The van der Waals surface area contributed by atoms with Crippen molar-refractivity contribution in [3.8, 4) is 0 Å². The summed E-state index contributed by atoms with van der Waals surface area (Å²) in [6.07, 6.45) is 2.11. The van der Waals surface area contributed by atoms with Crippen LogP contribution in [-0.4, -0.2) is 17.1 Å². The maximum atomic E-state index is 10.3. The van der Waals surface area contributed by atoms with Crippen molar-refractivity contribution in [3.63, 3.8) is 0 Å². The Labute approximate surface area is 64.7 Å². The third-order valence-electron chi connectivity index (χ3n) is 1.31. The van der Waals surface area contributed by atoms with Crippen molar-refractivity contribution in [2.24, 2.45) is 5.11 Å². The van der Waals surface area contributed by atoms with E-state index in [1.54, 1.807) is 0 Å². The van der Waals surface area contributed by atoms with E-state index in [0.717, 1.165) is 12.8 Å². The normalized spacial score (nSPS) is 11.7. The molecule has 0 aromatic rings. The maximum Gasteiger partial charge on any atom is 0.312 e. The SMILES string of the molecule is CCCC[C@H](N=[N+]=[N-])C(=O)O. The van der Waals surface area contributed by atoms with E-state index >= 15 is 0 Å². The van der Waals surface area contributed by atoms with E-state index in [1.807, 2.05) is 6.92 Å². The second-order valence-electron chi connectivity index (χ2n) is 2.20. The zero-order valence-corrected chi connectivity index (χ0v) is 6.40. The minimum atomic E-state index is -1.05. The Balaban J connectivity index is 3.89. The lowest BCUT2D eigenvalue weighted by Crippen LogP contribution is -2.16. The van der Waals surface area contributed by atoms with Crippen molar-refractivity contribution in [3.05, 3.63) is 10.4 Å². The van der Waals surface area contributed by atoms with E-state index < -0.39 is 12.0 Å². The van der Waals surface area contributed by atoms with Gasteiger partial charge in [-0.15, -0.1) is 0 Å². The fraction of sp³-hybridized carbons (Fsp3) is 0.833. The van der Waals surface area contributed by atoms with Crippen molar-refractivity contribution in [1.29, 1.82) is 0 Å². The lowest BCUT2D eigenvalue weighted by Gasteiger charge is -2.02. The van der Waals surface area contributed by atoms with Crippen LogP contribution in [-0.2, 0) is 4.79 Å². The van der Waals surface area contributed by atoms with Gasteiger partial charge in [0.05, 0.1) is 0 Å². The topological polar surface area (TPSA) is 86.1 Å². The number of rotatable bonds is 5. The largest absolute Gasteiger partial charge is 0.481 e. The highest BCUT2D eigenvalue weighted by Gasteiger charge is 2.13. The van der Waals surface area contributed by atoms with Crippen LogP contribution in [0.2, 0.25) is 0 Å². The molecule has 1 atom stereocenters. The maximum absolute atomic E-state index is 10.3. The average molecular weight is 157 g/mol. The average Bonchev–Trinajstić information content (AvgIpc) is 1.97. The van der Waals surface area contributed by atoms with Gasteiger partial charge in [0.25, 0.3) is 0 Å². The van der Waals surface area contributed by atoms with E-state index in [1.165, 1.54) is 0 Å². The van der Waals surface area contributed by atoms with Crippen molar-refractivity contribution in [2.75, 3.05) is 0 Å². The van der Waals surface area contributed by atoms with Gasteiger partial charge in [-0.05, 0) is 12.0 Å². The van der Waals surface area contributed by atoms with Crippen molar-refractivity contribution in [2.45, 2.75) is 32.2 Å². The lowest BCUT2D eigenvalue weighted by molar-refractivity contribution is -0.138. The molecule has 0 unspecified atom stereocenters. The first-order valence-corrected chi connectivity index (χ1v) is 3.49. The number of unbranched alkanes of at least 4 members (excludes halogenated alkanes) is 1. The number of aliphatic carboxylic acids is 1. The molecule has 0 amide bonds. The number of carboxylic acids is 1. The molecule has 5 nitrogen and oxygen atoms in total. The molecule has 0 fully saturated rings. The van der Waals surface area contributed by atoms with Gasteiger partial charge in [-0.3, -0.25) is 4.79 Å². The summed E-state index contributed by atoms with van der Waals surface area (Å²) in [5.74, 6) is -1.05. The smallest absolute Gasteiger partial charge is 0.312 e. The van der Waals surface area contributed by atoms with Crippen molar-refractivity contribution >= 4 is 5.97 Å². The monoisotopic (exact) mass is 157 g/mol. The molecule has 0 spiro atoms. The molecule has 5 heteroatoms. The van der Waals surface area contributed by atoms with Crippen LogP contribution in [0.25, 0.3) is 10.4 Å².